The van der Waals surface area contributed by atoms with Crippen LogP contribution in [0, 0.1) is 5.92 Å². The summed E-state index contributed by atoms with van der Waals surface area (Å²) in [6.07, 6.45) is 1.59. The first-order valence-corrected chi connectivity index (χ1v) is 15.0. The summed E-state index contributed by atoms with van der Waals surface area (Å²) in [6.45, 7) is 1.97. The molecule has 5 rings (SSSR count). The highest BCUT2D eigenvalue weighted by molar-refractivity contribution is 7.97. The van der Waals surface area contributed by atoms with Crippen LogP contribution in [0.5, 0.6) is 11.5 Å². The fourth-order valence-corrected chi connectivity index (χ4v) is 6.83. The molecule has 42 heavy (non-hydrogen) atoms. The number of carboxylic acids is 1. The fourth-order valence-electron chi connectivity index (χ4n) is 5.99. The Hall–Kier alpha value is -3.12. The third kappa shape index (κ3) is 8.03. The minimum absolute atomic E-state index is 0.0453. The van der Waals surface area contributed by atoms with Gasteiger partial charge in [-0.25, -0.2) is 9.59 Å². The number of aliphatic carboxylic acids is 1. The summed E-state index contributed by atoms with van der Waals surface area (Å²) in [5.41, 5.74) is 2.70. The number of benzene rings is 2. The van der Waals surface area contributed by atoms with E-state index in [1.807, 2.05) is 6.07 Å². The number of hydrogen-bond donors (Lipinski definition) is 3. The monoisotopic (exact) mass is 609 g/mol. The van der Waals surface area contributed by atoms with Crippen LogP contribution < -0.4 is 19.5 Å². The van der Waals surface area contributed by atoms with E-state index in [9.17, 15) is 18.0 Å². The first-order chi connectivity index (χ1) is 20.1. The number of ether oxygens (including phenoxy) is 2. The lowest BCUT2D eigenvalue weighted by Gasteiger charge is -2.45. The molecule has 12 heteroatoms. The number of likely N-dealkylation sites (tertiary alicyclic amines) is 1. The van der Waals surface area contributed by atoms with Crippen LogP contribution in [-0.2, 0) is 16.8 Å². The fraction of sp³-hybridized carbons (Fsp3) is 0.533. The molecular weight excluding hydrogens is 571 g/mol. The van der Waals surface area contributed by atoms with Crippen molar-refractivity contribution >= 4 is 23.9 Å². The molecule has 2 aromatic carbocycles. The minimum atomic E-state index is -5.08. The molecule has 2 amide bonds. The molecule has 0 radical (unpaired) electrons. The number of carboxylic acid groups (broad SMARTS) is 1. The molecular formula is C30H38F3N3O5S. The van der Waals surface area contributed by atoms with Crippen molar-refractivity contribution in [3.63, 3.8) is 0 Å². The number of amides is 2. The van der Waals surface area contributed by atoms with Gasteiger partial charge in [-0.2, -0.15) is 13.2 Å². The molecule has 3 aliphatic rings. The molecule has 1 saturated heterocycles. The Morgan fingerprint density at radius 3 is 2.36 bits per heavy atom. The zero-order valence-corrected chi connectivity index (χ0v) is 24.6. The Balaban J connectivity index is 0.000000517. The summed E-state index contributed by atoms with van der Waals surface area (Å²) < 4.78 is 45.9. The maximum atomic E-state index is 12.6. The number of halogens is 3. The zero-order chi connectivity index (χ0) is 30.3. The molecule has 3 atom stereocenters. The van der Waals surface area contributed by atoms with Gasteiger partial charge < -0.3 is 19.9 Å². The van der Waals surface area contributed by atoms with Crippen LogP contribution >= 0.6 is 11.9 Å². The number of urea groups is 1. The Morgan fingerprint density at radius 2 is 1.74 bits per heavy atom. The van der Waals surface area contributed by atoms with Crippen molar-refractivity contribution < 1.29 is 37.3 Å². The minimum Gasteiger partial charge on any atom is -0.493 e. The third-order valence-electron chi connectivity index (χ3n) is 8.32. The van der Waals surface area contributed by atoms with E-state index in [-0.39, 0.29) is 17.5 Å². The number of carbonyl (C=O) groups excluding carboxylic acids is 1. The molecule has 1 heterocycles. The largest absolute Gasteiger partial charge is 0.493 e. The van der Waals surface area contributed by atoms with E-state index >= 15 is 0 Å². The Bertz CT molecular complexity index is 1210. The standard InChI is InChI=1S/C28H37N3O3S.C2HF3O2/c1-33-24-11-10-22(16-25(24)34-2)28-13-12-23(29-27(32)30-35-19-21-8-9-21)17-26(28)31(15-14-28)18-20-6-4-3-5-7-20;3-2(4,5)1(6)7/h3-7,10-11,16,21,23,26H,8-9,12-15,17-19H2,1-2H3,(H2,29,30,32);(H,6,7). The number of nitrogens with zero attached hydrogens (tertiary/aromatic N) is 1. The molecule has 3 unspecified atom stereocenters. The number of nitrogens with one attached hydrogen (secondary N) is 2. The van der Waals surface area contributed by atoms with Gasteiger partial charge in [0.15, 0.2) is 11.5 Å². The van der Waals surface area contributed by atoms with Crippen LogP contribution in [-0.4, -0.2) is 66.8 Å². The molecule has 230 valence electrons. The summed E-state index contributed by atoms with van der Waals surface area (Å²) in [7, 11) is 3.38. The van der Waals surface area contributed by atoms with Gasteiger partial charge in [-0.05, 0) is 86.2 Å². The number of hydrogen-bond acceptors (Lipinski definition) is 6. The van der Waals surface area contributed by atoms with Crippen molar-refractivity contribution in [3.05, 3.63) is 59.7 Å². The average Bonchev–Trinajstić information content (AvgIpc) is 3.73. The second-order valence-corrected chi connectivity index (χ2v) is 11.9. The Labute approximate surface area is 248 Å². The first-order valence-electron chi connectivity index (χ1n) is 14.0. The highest BCUT2D eigenvalue weighted by Gasteiger charge is 2.51. The third-order valence-corrected chi connectivity index (χ3v) is 9.28. The van der Waals surface area contributed by atoms with E-state index in [1.165, 1.54) is 24.0 Å². The van der Waals surface area contributed by atoms with Crippen molar-refractivity contribution in [2.45, 2.75) is 68.7 Å². The first kappa shape index (κ1) is 31.8. The number of fused-ring (bicyclic) bond motifs is 1. The van der Waals surface area contributed by atoms with Crippen LogP contribution in [0.1, 0.15) is 49.7 Å². The van der Waals surface area contributed by atoms with E-state index in [1.54, 1.807) is 26.2 Å². The van der Waals surface area contributed by atoms with Crippen molar-refractivity contribution in [3.8, 4) is 11.5 Å². The lowest BCUT2D eigenvalue weighted by molar-refractivity contribution is -0.192. The van der Waals surface area contributed by atoms with Crippen molar-refractivity contribution in [2.24, 2.45) is 5.92 Å². The molecule has 3 fully saturated rings. The van der Waals surface area contributed by atoms with Gasteiger partial charge in [0.05, 0.1) is 14.2 Å². The summed E-state index contributed by atoms with van der Waals surface area (Å²) in [6, 6.07) is 17.6. The second kappa shape index (κ2) is 13.9. The van der Waals surface area contributed by atoms with Crippen LogP contribution in [0.15, 0.2) is 48.5 Å². The molecule has 1 aliphatic heterocycles. The van der Waals surface area contributed by atoms with Gasteiger partial charge in [-0.15, -0.1) is 0 Å². The average molecular weight is 610 g/mol. The predicted octanol–water partition coefficient (Wildman–Crippen LogP) is 5.76. The Kier molecular flexibility index (Phi) is 10.5. The van der Waals surface area contributed by atoms with Crippen LogP contribution in [0.4, 0.5) is 18.0 Å². The van der Waals surface area contributed by atoms with Gasteiger partial charge in [0.25, 0.3) is 0 Å². The summed E-state index contributed by atoms with van der Waals surface area (Å²) in [5, 5.41) is 10.4. The molecule has 2 aromatic rings. The zero-order valence-electron chi connectivity index (χ0n) is 23.8. The Morgan fingerprint density at radius 1 is 1.05 bits per heavy atom. The van der Waals surface area contributed by atoms with Crippen LogP contribution in [0.2, 0.25) is 0 Å². The number of alkyl halides is 3. The molecule has 0 spiro atoms. The lowest BCUT2D eigenvalue weighted by Crippen LogP contribution is -2.53. The van der Waals surface area contributed by atoms with E-state index in [2.05, 4.69) is 57.4 Å². The summed E-state index contributed by atoms with van der Waals surface area (Å²) in [4.78, 5) is 24.1. The molecule has 0 bridgehead atoms. The molecule has 8 nitrogen and oxygen atoms in total. The quantitative estimate of drug-likeness (QED) is 0.311. The second-order valence-electron chi connectivity index (χ2n) is 11.1. The normalized spacial score (nSPS) is 23.6. The molecule has 3 N–H and O–H groups in total. The van der Waals surface area contributed by atoms with Gasteiger partial charge >= 0.3 is 18.2 Å². The van der Waals surface area contributed by atoms with Gasteiger partial charge in [-0.1, -0.05) is 36.4 Å². The lowest BCUT2D eigenvalue weighted by atomic mass is 9.65. The van der Waals surface area contributed by atoms with Gasteiger partial charge in [0, 0.05) is 29.8 Å². The summed E-state index contributed by atoms with van der Waals surface area (Å²) in [5.74, 6) is 0.606. The van der Waals surface area contributed by atoms with E-state index in [4.69, 9.17) is 19.4 Å². The van der Waals surface area contributed by atoms with Gasteiger partial charge in [0.1, 0.15) is 0 Å². The van der Waals surface area contributed by atoms with Crippen LogP contribution in [0.3, 0.4) is 0 Å². The van der Waals surface area contributed by atoms with E-state index in [0.29, 0.717) is 6.04 Å². The smallest absolute Gasteiger partial charge is 0.490 e. The summed E-state index contributed by atoms with van der Waals surface area (Å²) >= 11 is 1.55. The van der Waals surface area contributed by atoms with Crippen molar-refractivity contribution in [1.82, 2.24) is 14.9 Å². The molecule has 2 saturated carbocycles. The van der Waals surface area contributed by atoms with Crippen LogP contribution in [0.25, 0.3) is 0 Å². The maximum absolute atomic E-state index is 12.6. The SMILES string of the molecule is COc1ccc(C23CCC(NC(=O)NSCC4CC4)CC2N(Cc2ccccc2)CC3)cc1OC.O=C(O)C(F)(F)F. The topological polar surface area (TPSA) is 100 Å². The maximum Gasteiger partial charge on any atom is 0.490 e. The number of carbonyl (C=O) groups is 2. The number of rotatable bonds is 9. The highest BCUT2D eigenvalue weighted by atomic mass is 32.2. The molecule has 0 aromatic heterocycles. The van der Waals surface area contributed by atoms with Gasteiger partial charge in [0.2, 0.25) is 0 Å². The molecule has 2 aliphatic carbocycles. The van der Waals surface area contributed by atoms with Gasteiger partial charge in [-0.3, -0.25) is 9.62 Å². The highest BCUT2D eigenvalue weighted by Crippen LogP contribution is 2.50. The van der Waals surface area contributed by atoms with Crippen molar-refractivity contribution in [1.29, 1.82) is 0 Å². The van der Waals surface area contributed by atoms with E-state index < -0.39 is 12.1 Å². The number of methoxy groups -OCH3 is 2. The van der Waals surface area contributed by atoms with E-state index in [0.717, 1.165) is 61.9 Å². The predicted molar refractivity (Wildman–Crippen MR) is 155 cm³/mol. The van der Waals surface area contributed by atoms with Crippen molar-refractivity contribution in [2.75, 3.05) is 26.5 Å².